The van der Waals surface area contributed by atoms with Crippen LogP contribution >= 0.6 is 0 Å². The molecule has 1 heterocycles. The quantitative estimate of drug-likeness (QED) is 0.529. The summed E-state index contributed by atoms with van der Waals surface area (Å²) in [5.74, 6) is 0. The molecule has 0 radical (unpaired) electrons. The van der Waals surface area contributed by atoms with Gasteiger partial charge in [-0.25, -0.2) is 4.79 Å². The van der Waals surface area contributed by atoms with Crippen LogP contribution in [0.4, 0.5) is 5.69 Å². The average Bonchev–Trinajstić information content (AvgIpc) is 2.60. The number of nitrogens with zero attached hydrogens (tertiary/aromatic N) is 3. The van der Waals surface area contributed by atoms with E-state index in [4.69, 9.17) is 0 Å². The van der Waals surface area contributed by atoms with Crippen LogP contribution in [0.15, 0.2) is 53.3 Å². The fraction of sp³-hybridized carbons (Fsp3) is 0.222. The van der Waals surface area contributed by atoms with Crippen molar-refractivity contribution in [2.24, 2.45) is 0 Å². The number of unbranched alkanes of at least 4 members (excludes halogenated alkanes) is 1. The summed E-state index contributed by atoms with van der Waals surface area (Å²) < 4.78 is 1.59. The highest BCUT2D eigenvalue weighted by Gasteiger charge is 2.15. The molecule has 0 saturated heterocycles. The molecule has 24 heavy (non-hydrogen) atoms. The highest BCUT2D eigenvalue weighted by Crippen LogP contribution is 2.28. The molecule has 3 rings (SSSR count). The van der Waals surface area contributed by atoms with E-state index in [0.29, 0.717) is 23.1 Å². The minimum absolute atomic E-state index is 0.0119. The van der Waals surface area contributed by atoms with Crippen molar-refractivity contribution in [3.05, 3.63) is 69.1 Å². The lowest BCUT2D eigenvalue weighted by molar-refractivity contribution is -0.384. The molecule has 0 N–H and O–H groups in total. The van der Waals surface area contributed by atoms with E-state index in [2.05, 4.69) is 4.98 Å². The van der Waals surface area contributed by atoms with Gasteiger partial charge in [0.2, 0.25) is 0 Å². The fourth-order valence-electron chi connectivity index (χ4n) is 2.73. The summed E-state index contributed by atoms with van der Waals surface area (Å²) in [6.07, 6.45) is 1.79. The number of hydrogen-bond acceptors (Lipinski definition) is 4. The average molecular weight is 323 g/mol. The minimum atomic E-state index is -0.435. The molecular formula is C18H17N3O3. The summed E-state index contributed by atoms with van der Waals surface area (Å²) in [4.78, 5) is 27.4. The number of non-ortho nitro benzene ring substituents is 1. The molecule has 0 unspecified atom stereocenters. The minimum Gasteiger partial charge on any atom is -0.292 e. The van der Waals surface area contributed by atoms with Gasteiger partial charge in [0.25, 0.3) is 5.69 Å². The first-order chi connectivity index (χ1) is 11.6. The van der Waals surface area contributed by atoms with Gasteiger partial charge >= 0.3 is 5.69 Å². The number of rotatable bonds is 5. The predicted octanol–water partition coefficient (Wildman–Crippen LogP) is 3.77. The zero-order chi connectivity index (χ0) is 17.1. The number of nitro benzene ring substituents is 1. The Morgan fingerprint density at radius 2 is 1.92 bits per heavy atom. The molecule has 0 aliphatic carbocycles. The monoisotopic (exact) mass is 323 g/mol. The van der Waals surface area contributed by atoms with Crippen LogP contribution in [0, 0.1) is 10.1 Å². The lowest BCUT2D eigenvalue weighted by Gasteiger charge is -2.12. The number of fused-ring (bicyclic) bond motifs is 1. The van der Waals surface area contributed by atoms with E-state index in [1.165, 1.54) is 12.1 Å². The van der Waals surface area contributed by atoms with Crippen LogP contribution in [0.3, 0.4) is 0 Å². The van der Waals surface area contributed by atoms with E-state index < -0.39 is 4.92 Å². The van der Waals surface area contributed by atoms with Crippen molar-refractivity contribution in [2.45, 2.75) is 26.3 Å². The van der Waals surface area contributed by atoms with E-state index >= 15 is 0 Å². The van der Waals surface area contributed by atoms with E-state index in [-0.39, 0.29) is 11.4 Å². The lowest BCUT2D eigenvalue weighted by Crippen LogP contribution is -2.24. The third kappa shape index (κ3) is 2.90. The molecule has 0 fully saturated rings. The normalized spacial score (nSPS) is 10.9. The largest absolute Gasteiger partial charge is 0.348 e. The van der Waals surface area contributed by atoms with Crippen molar-refractivity contribution < 1.29 is 4.92 Å². The van der Waals surface area contributed by atoms with Gasteiger partial charge in [0.05, 0.1) is 16.1 Å². The van der Waals surface area contributed by atoms with Gasteiger partial charge in [-0.2, -0.15) is 4.98 Å². The molecule has 0 atom stereocenters. The van der Waals surface area contributed by atoms with Crippen molar-refractivity contribution in [1.29, 1.82) is 0 Å². The SMILES string of the molecule is CCCCn1c(=O)nc(-c2ccccc2)c2cc([N+](=O)[O-])ccc21. The standard InChI is InChI=1S/C18H17N3O3/c1-2-3-11-20-16-10-9-14(21(23)24)12-15(16)17(19-18(20)22)13-7-5-4-6-8-13/h4-10,12H,2-3,11H2,1H3. The maximum absolute atomic E-state index is 12.5. The van der Waals surface area contributed by atoms with Gasteiger partial charge in [-0.1, -0.05) is 43.7 Å². The van der Waals surface area contributed by atoms with Gasteiger partial charge in [-0.05, 0) is 12.5 Å². The Morgan fingerprint density at radius 1 is 1.17 bits per heavy atom. The molecule has 0 bridgehead atoms. The first kappa shape index (κ1) is 15.9. The molecule has 0 amide bonds. The Morgan fingerprint density at radius 3 is 2.58 bits per heavy atom. The van der Waals surface area contributed by atoms with Crippen LogP contribution in [0.1, 0.15) is 19.8 Å². The van der Waals surface area contributed by atoms with Gasteiger partial charge in [0, 0.05) is 29.6 Å². The maximum Gasteiger partial charge on any atom is 0.348 e. The Balaban J connectivity index is 2.33. The van der Waals surface area contributed by atoms with E-state index in [9.17, 15) is 14.9 Å². The zero-order valence-electron chi connectivity index (χ0n) is 13.3. The second-order valence-corrected chi connectivity index (χ2v) is 5.57. The van der Waals surface area contributed by atoms with Crippen LogP contribution in [-0.4, -0.2) is 14.5 Å². The molecule has 2 aromatic carbocycles. The van der Waals surface area contributed by atoms with Crippen LogP contribution < -0.4 is 5.69 Å². The molecular weight excluding hydrogens is 306 g/mol. The number of aryl methyl sites for hydroxylation is 1. The molecule has 6 heteroatoms. The van der Waals surface area contributed by atoms with Gasteiger partial charge in [-0.15, -0.1) is 0 Å². The maximum atomic E-state index is 12.5. The van der Waals surface area contributed by atoms with Crippen molar-refractivity contribution in [3.8, 4) is 11.3 Å². The smallest absolute Gasteiger partial charge is 0.292 e. The van der Waals surface area contributed by atoms with E-state index in [0.717, 1.165) is 18.4 Å². The Bertz CT molecular complexity index is 949. The molecule has 1 aromatic heterocycles. The predicted molar refractivity (Wildman–Crippen MR) is 93.0 cm³/mol. The molecule has 122 valence electrons. The molecule has 0 spiro atoms. The van der Waals surface area contributed by atoms with Crippen molar-refractivity contribution in [2.75, 3.05) is 0 Å². The Kier molecular flexibility index (Phi) is 4.37. The van der Waals surface area contributed by atoms with Crippen LogP contribution in [0.2, 0.25) is 0 Å². The van der Waals surface area contributed by atoms with Crippen molar-refractivity contribution in [1.82, 2.24) is 9.55 Å². The van der Waals surface area contributed by atoms with Crippen molar-refractivity contribution in [3.63, 3.8) is 0 Å². The van der Waals surface area contributed by atoms with Gasteiger partial charge in [-0.3, -0.25) is 14.7 Å². The summed E-state index contributed by atoms with van der Waals surface area (Å²) in [6, 6.07) is 13.8. The highest BCUT2D eigenvalue weighted by molar-refractivity contribution is 5.93. The summed E-state index contributed by atoms with van der Waals surface area (Å²) in [7, 11) is 0. The number of aromatic nitrogens is 2. The summed E-state index contributed by atoms with van der Waals surface area (Å²) in [5.41, 5.74) is 1.58. The molecule has 0 saturated carbocycles. The third-order valence-electron chi connectivity index (χ3n) is 3.96. The number of hydrogen-bond donors (Lipinski definition) is 0. The fourth-order valence-corrected chi connectivity index (χ4v) is 2.73. The third-order valence-corrected chi connectivity index (χ3v) is 3.96. The molecule has 6 nitrogen and oxygen atoms in total. The zero-order valence-corrected chi connectivity index (χ0v) is 13.3. The highest BCUT2D eigenvalue weighted by atomic mass is 16.6. The Labute approximate surface area is 138 Å². The summed E-state index contributed by atoms with van der Waals surface area (Å²) >= 11 is 0. The van der Waals surface area contributed by atoms with E-state index in [1.807, 2.05) is 37.3 Å². The van der Waals surface area contributed by atoms with Gasteiger partial charge in [0.15, 0.2) is 0 Å². The van der Waals surface area contributed by atoms with Gasteiger partial charge < -0.3 is 0 Å². The molecule has 3 aromatic rings. The van der Waals surface area contributed by atoms with Crippen molar-refractivity contribution >= 4 is 16.6 Å². The van der Waals surface area contributed by atoms with E-state index in [1.54, 1.807) is 10.6 Å². The van der Waals surface area contributed by atoms with Crippen LogP contribution in [0.25, 0.3) is 22.2 Å². The van der Waals surface area contributed by atoms with Crippen LogP contribution in [-0.2, 0) is 6.54 Å². The second-order valence-electron chi connectivity index (χ2n) is 5.57. The first-order valence-corrected chi connectivity index (χ1v) is 7.86. The molecule has 0 aliphatic heterocycles. The number of benzene rings is 2. The second kappa shape index (κ2) is 6.62. The number of nitro groups is 1. The topological polar surface area (TPSA) is 78.0 Å². The lowest BCUT2D eigenvalue weighted by atomic mass is 10.1. The van der Waals surface area contributed by atoms with Crippen LogP contribution in [0.5, 0.6) is 0 Å². The summed E-state index contributed by atoms with van der Waals surface area (Å²) in [5, 5.41) is 11.7. The Hall–Kier alpha value is -3.02. The molecule has 0 aliphatic rings. The first-order valence-electron chi connectivity index (χ1n) is 7.86. The summed E-state index contributed by atoms with van der Waals surface area (Å²) in [6.45, 7) is 2.59. The van der Waals surface area contributed by atoms with Gasteiger partial charge in [0.1, 0.15) is 0 Å².